The van der Waals surface area contributed by atoms with Crippen LogP contribution in [0.15, 0.2) is 11.3 Å². The lowest BCUT2D eigenvalue weighted by Crippen LogP contribution is -2.17. The van der Waals surface area contributed by atoms with E-state index < -0.39 is 8.07 Å². The highest BCUT2D eigenvalue weighted by molar-refractivity contribution is 6.81. The maximum Gasteiger partial charge on any atom is 0.0686 e. The minimum absolute atomic E-state index is 0.967. The Kier molecular flexibility index (Phi) is 4.43. The SMILES string of the molecule is C/C(=C\[Si](C)(C)C)CC1CCCCC1. The highest BCUT2D eigenvalue weighted by atomic mass is 28.3. The molecule has 0 aromatic carbocycles. The van der Waals surface area contributed by atoms with Gasteiger partial charge in [-0.15, -0.1) is 0 Å². The topological polar surface area (TPSA) is 0 Å². The average molecular weight is 210 g/mol. The molecule has 1 aliphatic carbocycles. The van der Waals surface area contributed by atoms with Crippen molar-refractivity contribution in [3.05, 3.63) is 11.3 Å². The minimum Gasteiger partial charge on any atom is -0.0961 e. The minimum atomic E-state index is -0.967. The third kappa shape index (κ3) is 4.99. The summed E-state index contributed by atoms with van der Waals surface area (Å²) in [6.07, 6.45) is 8.78. The van der Waals surface area contributed by atoms with E-state index in [4.69, 9.17) is 0 Å². The van der Waals surface area contributed by atoms with E-state index >= 15 is 0 Å². The van der Waals surface area contributed by atoms with E-state index in [9.17, 15) is 0 Å². The quantitative estimate of drug-likeness (QED) is 0.588. The Morgan fingerprint density at radius 3 is 2.21 bits per heavy atom. The van der Waals surface area contributed by atoms with Gasteiger partial charge in [-0.3, -0.25) is 0 Å². The predicted molar refractivity (Wildman–Crippen MR) is 68.3 cm³/mol. The van der Waals surface area contributed by atoms with Crippen LogP contribution < -0.4 is 0 Å². The Morgan fingerprint density at radius 1 is 1.14 bits per heavy atom. The van der Waals surface area contributed by atoms with Crippen molar-refractivity contribution in [1.82, 2.24) is 0 Å². The second kappa shape index (κ2) is 5.15. The Balaban J connectivity index is 2.39. The van der Waals surface area contributed by atoms with Crippen LogP contribution in [0.5, 0.6) is 0 Å². The van der Waals surface area contributed by atoms with Crippen molar-refractivity contribution >= 4 is 8.07 Å². The van der Waals surface area contributed by atoms with Crippen molar-refractivity contribution in [2.45, 2.75) is 65.1 Å². The largest absolute Gasteiger partial charge is 0.0961 e. The average Bonchev–Trinajstić information content (AvgIpc) is 2.02. The molecule has 0 heterocycles. The van der Waals surface area contributed by atoms with Gasteiger partial charge in [0, 0.05) is 0 Å². The van der Waals surface area contributed by atoms with Crippen LogP contribution in [0.2, 0.25) is 19.6 Å². The van der Waals surface area contributed by atoms with Crippen LogP contribution in [0.1, 0.15) is 45.4 Å². The molecule has 0 atom stereocenters. The van der Waals surface area contributed by atoms with Gasteiger partial charge in [-0.2, -0.15) is 0 Å². The summed E-state index contributed by atoms with van der Waals surface area (Å²) in [5.41, 5.74) is 4.25. The Hall–Kier alpha value is -0.0431. The summed E-state index contributed by atoms with van der Waals surface area (Å²) in [6.45, 7) is 9.62. The predicted octanol–water partition coefficient (Wildman–Crippen LogP) is 4.78. The van der Waals surface area contributed by atoms with Crippen LogP contribution in [0, 0.1) is 5.92 Å². The summed E-state index contributed by atoms with van der Waals surface area (Å²) >= 11 is 0. The molecule has 1 aliphatic rings. The first-order valence-electron chi connectivity index (χ1n) is 6.16. The van der Waals surface area contributed by atoms with Crippen LogP contribution in [-0.2, 0) is 0 Å². The van der Waals surface area contributed by atoms with Gasteiger partial charge in [-0.05, 0) is 19.3 Å². The molecule has 1 rings (SSSR count). The molecule has 0 N–H and O–H groups in total. The zero-order chi connectivity index (χ0) is 10.6. The summed E-state index contributed by atoms with van der Waals surface area (Å²) in [5, 5.41) is 0. The van der Waals surface area contributed by atoms with Gasteiger partial charge >= 0.3 is 0 Å². The zero-order valence-corrected chi connectivity index (χ0v) is 11.4. The van der Waals surface area contributed by atoms with Crippen LogP contribution in [0.4, 0.5) is 0 Å². The summed E-state index contributed by atoms with van der Waals surface area (Å²) < 4.78 is 0. The molecule has 0 aromatic rings. The van der Waals surface area contributed by atoms with Gasteiger partial charge in [-0.1, -0.05) is 63.0 Å². The van der Waals surface area contributed by atoms with E-state index in [1.165, 1.54) is 38.5 Å². The van der Waals surface area contributed by atoms with Gasteiger partial charge in [0.25, 0.3) is 0 Å². The number of allylic oxidation sites excluding steroid dienone is 1. The standard InChI is InChI=1S/C13H26Si/c1-12(11-14(2,3)4)10-13-8-6-5-7-9-13/h11,13H,5-10H2,1-4H3/b12-11+. The third-order valence-corrected chi connectivity index (χ3v) is 4.37. The number of rotatable bonds is 3. The van der Waals surface area contributed by atoms with Crippen molar-refractivity contribution < 1.29 is 0 Å². The number of hydrogen-bond donors (Lipinski definition) is 0. The molecule has 0 unspecified atom stereocenters. The van der Waals surface area contributed by atoms with Crippen molar-refractivity contribution in [2.24, 2.45) is 5.92 Å². The fraction of sp³-hybridized carbons (Fsp3) is 0.846. The van der Waals surface area contributed by atoms with Gasteiger partial charge in [0.05, 0.1) is 8.07 Å². The highest BCUT2D eigenvalue weighted by Crippen LogP contribution is 2.29. The van der Waals surface area contributed by atoms with Crippen molar-refractivity contribution in [3.63, 3.8) is 0 Å². The molecular weight excluding hydrogens is 184 g/mol. The Morgan fingerprint density at radius 2 is 1.71 bits per heavy atom. The second-order valence-corrected chi connectivity index (χ2v) is 11.1. The van der Waals surface area contributed by atoms with E-state index in [1.807, 2.05) is 0 Å². The van der Waals surface area contributed by atoms with Crippen LogP contribution in [0.25, 0.3) is 0 Å². The Labute approximate surface area is 90.8 Å². The molecule has 0 amide bonds. The molecule has 1 heteroatoms. The van der Waals surface area contributed by atoms with Gasteiger partial charge in [0.1, 0.15) is 0 Å². The Bertz CT molecular complexity index is 192. The van der Waals surface area contributed by atoms with Crippen molar-refractivity contribution in [1.29, 1.82) is 0 Å². The molecule has 82 valence electrons. The van der Waals surface area contributed by atoms with E-state index in [1.54, 1.807) is 5.57 Å². The maximum absolute atomic E-state index is 2.58. The summed E-state index contributed by atoms with van der Waals surface area (Å²) in [5.74, 6) is 1.01. The number of hydrogen-bond acceptors (Lipinski definition) is 0. The van der Waals surface area contributed by atoms with E-state index in [0.29, 0.717) is 0 Å². The van der Waals surface area contributed by atoms with E-state index in [-0.39, 0.29) is 0 Å². The zero-order valence-electron chi connectivity index (χ0n) is 10.4. The molecule has 0 radical (unpaired) electrons. The van der Waals surface area contributed by atoms with Crippen LogP contribution >= 0.6 is 0 Å². The summed E-state index contributed by atoms with van der Waals surface area (Å²) in [7, 11) is -0.967. The summed E-state index contributed by atoms with van der Waals surface area (Å²) in [4.78, 5) is 0. The molecule has 0 saturated heterocycles. The van der Waals surface area contributed by atoms with Crippen LogP contribution in [0.3, 0.4) is 0 Å². The van der Waals surface area contributed by atoms with Gasteiger partial charge in [-0.25, -0.2) is 0 Å². The maximum atomic E-state index is 2.58. The normalized spacial score (nSPS) is 21.3. The van der Waals surface area contributed by atoms with Gasteiger partial charge < -0.3 is 0 Å². The van der Waals surface area contributed by atoms with Crippen molar-refractivity contribution in [3.8, 4) is 0 Å². The van der Waals surface area contributed by atoms with Gasteiger partial charge in [0.2, 0.25) is 0 Å². The lowest BCUT2D eigenvalue weighted by atomic mass is 9.85. The van der Waals surface area contributed by atoms with E-state index in [2.05, 4.69) is 32.3 Å². The molecule has 0 spiro atoms. The molecule has 0 bridgehead atoms. The first kappa shape index (κ1) is 12.0. The molecule has 1 saturated carbocycles. The molecule has 1 fully saturated rings. The summed E-state index contributed by atoms with van der Waals surface area (Å²) in [6, 6.07) is 0. The lowest BCUT2D eigenvalue weighted by molar-refractivity contribution is 0.356. The van der Waals surface area contributed by atoms with E-state index in [0.717, 1.165) is 5.92 Å². The second-order valence-electron chi connectivity index (χ2n) is 6.06. The third-order valence-electron chi connectivity index (χ3n) is 3.01. The molecule has 14 heavy (non-hydrogen) atoms. The molecule has 0 aliphatic heterocycles. The monoisotopic (exact) mass is 210 g/mol. The smallest absolute Gasteiger partial charge is 0.0686 e. The molecule has 0 nitrogen and oxygen atoms in total. The van der Waals surface area contributed by atoms with Crippen LogP contribution in [-0.4, -0.2) is 8.07 Å². The first-order valence-corrected chi connectivity index (χ1v) is 9.73. The highest BCUT2D eigenvalue weighted by Gasteiger charge is 2.15. The fourth-order valence-electron chi connectivity index (χ4n) is 2.64. The molecular formula is C13H26Si. The van der Waals surface area contributed by atoms with Gasteiger partial charge in [0.15, 0.2) is 0 Å². The fourth-order valence-corrected chi connectivity index (χ4v) is 4.24. The lowest BCUT2D eigenvalue weighted by Gasteiger charge is -2.22. The van der Waals surface area contributed by atoms with Crippen molar-refractivity contribution in [2.75, 3.05) is 0 Å². The molecule has 0 aromatic heterocycles. The first-order chi connectivity index (χ1) is 6.47.